The molecule has 0 amide bonds. The fourth-order valence-electron chi connectivity index (χ4n) is 2.44. The fraction of sp³-hybridized carbons (Fsp3) is 0.316. The van der Waals surface area contributed by atoms with Crippen LogP contribution in [-0.4, -0.2) is 28.0 Å². The van der Waals surface area contributed by atoms with Gasteiger partial charge in [-0.05, 0) is 35.2 Å². The standard InChI is InChI=1S/C19H24N2O4S.ClH/c1-13(2)14-7-9-15(10-8-14)18(20)12-21-26(23,24)17-6-4-5-16(11-17)19(22)25-3;/h4-11,13,18,21H,12,20H2,1-3H3;1H. The van der Waals surface area contributed by atoms with E-state index in [4.69, 9.17) is 5.73 Å². The number of benzene rings is 2. The molecule has 0 saturated heterocycles. The van der Waals surface area contributed by atoms with Gasteiger partial charge in [-0.3, -0.25) is 0 Å². The Morgan fingerprint density at radius 2 is 1.70 bits per heavy atom. The molecule has 0 aliphatic rings. The number of hydrogen-bond acceptors (Lipinski definition) is 5. The third-order valence-corrected chi connectivity index (χ3v) is 5.51. The van der Waals surface area contributed by atoms with Crippen LogP contribution in [0.1, 0.15) is 47.3 Å². The second-order valence-electron chi connectivity index (χ2n) is 6.30. The third-order valence-electron chi connectivity index (χ3n) is 4.09. The van der Waals surface area contributed by atoms with E-state index in [1.807, 2.05) is 24.3 Å². The Kier molecular flexibility index (Phi) is 8.43. The maximum Gasteiger partial charge on any atom is 0.337 e. The maximum absolute atomic E-state index is 12.5. The van der Waals surface area contributed by atoms with Crippen LogP contribution in [-0.2, 0) is 14.8 Å². The summed E-state index contributed by atoms with van der Waals surface area (Å²) in [5.74, 6) is -0.176. The van der Waals surface area contributed by atoms with Gasteiger partial charge in [-0.2, -0.15) is 0 Å². The van der Waals surface area contributed by atoms with Crippen LogP contribution in [0.25, 0.3) is 0 Å². The van der Waals surface area contributed by atoms with Gasteiger partial charge in [-0.1, -0.05) is 44.2 Å². The smallest absolute Gasteiger partial charge is 0.337 e. The third kappa shape index (κ3) is 6.04. The first kappa shape index (κ1) is 23.1. The zero-order valence-electron chi connectivity index (χ0n) is 15.5. The summed E-state index contributed by atoms with van der Waals surface area (Å²) in [6, 6.07) is 13.0. The predicted molar refractivity (Wildman–Crippen MR) is 108 cm³/mol. The van der Waals surface area contributed by atoms with Crippen LogP contribution >= 0.6 is 12.4 Å². The van der Waals surface area contributed by atoms with Gasteiger partial charge >= 0.3 is 5.97 Å². The lowest BCUT2D eigenvalue weighted by Crippen LogP contribution is -2.32. The van der Waals surface area contributed by atoms with E-state index in [1.165, 1.54) is 36.9 Å². The number of nitrogens with two attached hydrogens (primary N) is 1. The minimum atomic E-state index is -3.79. The van der Waals surface area contributed by atoms with E-state index in [0.717, 1.165) is 5.56 Å². The minimum Gasteiger partial charge on any atom is -0.465 e. The van der Waals surface area contributed by atoms with Gasteiger partial charge in [0.25, 0.3) is 0 Å². The number of esters is 1. The highest BCUT2D eigenvalue weighted by Crippen LogP contribution is 2.18. The number of hydrogen-bond donors (Lipinski definition) is 2. The van der Waals surface area contributed by atoms with Gasteiger partial charge in [0.2, 0.25) is 10.0 Å². The molecule has 2 rings (SSSR count). The zero-order chi connectivity index (χ0) is 19.3. The Balaban J connectivity index is 0.00000364. The molecule has 0 aromatic heterocycles. The first-order valence-corrected chi connectivity index (χ1v) is 9.76. The van der Waals surface area contributed by atoms with E-state index < -0.39 is 22.0 Å². The van der Waals surface area contributed by atoms with Crippen molar-refractivity contribution in [2.24, 2.45) is 5.73 Å². The zero-order valence-corrected chi connectivity index (χ0v) is 17.1. The summed E-state index contributed by atoms with van der Waals surface area (Å²) in [5, 5.41) is 0. The van der Waals surface area contributed by atoms with E-state index in [0.29, 0.717) is 5.92 Å². The van der Waals surface area contributed by atoms with E-state index in [-0.39, 0.29) is 29.4 Å². The molecule has 2 aromatic rings. The van der Waals surface area contributed by atoms with Crippen molar-refractivity contribution in [1.29, 1.82) is 0 Å². The van der Waals surface area contributed by atoms with Gasteiger partial charge in [-0.25, -0.2) is 17.9 Å². The monoisotopic (exact) mass is 412 g/mol. The topological polar surface area (TPSA) is 98.5 Å². The van der Waals surface area contributed by atoms with E-state index in [9.17, 15) is 13.2 Å². The number of ether oxygens (including phenoxy) is 1. The molecule has 148 valence electrons. The van der Waals surface area contributed by atoms with Crippen LogP contribution in [0.2, 0.25) is 0 Å². The second-order valence-corrected chi connectivity index (χ2v) is 8.07. The summed E-state index contributed by atoms with van der Waals surface area (Å²) in [6.07, 6.45) is 0. The Morgan fingerprint density at radius 1 is 1.11 bits per heavy atom. The van der Waals surface area contributed by atoms with Gasteiger partial charge in [0, 0.05) is 12.6 Å². The predicted octanol–water partition coefficient (Wildman–Crippen LogP) is 3.00. The molecular formula is C19H25ClN2O4S. The summed E-state index contributed by atoms with van der Waals surface area (Å²) < 4.78 is 32.0. The normalized spacial score (nSPS) is 12.3. The molecule has 6 nitrogen and oxygen atoms in total. The number of carbonyl (C=O) groups excluding carboxylic acids is 1. The Morgan fingerprint density at radius 3 is 2.26 bits per heavy atom. The molecule has 0 aliphatic heterocycles. The summed E-state index contributed by atoms with van der Waals surface area (Å²) in [7, 11) is -2.55. The van der Waals surface area contributed by atoms with Crippen molar-refractivity contribution in [2.45, 2.75) is 30.7 Å². The molecule has 0 bridgehead atoms. The molecule has 0 aliphatic carbocycles. The van der Waals surface area contributed by atoms with Crippen LogP contribution in [0, 0.1) is 0 Å². The van der Waals surface area contributed by atoms with Gasteiger partial charge in [0.05, 0.1) is 17.6 Å². The molecule has 0 radical (unpaired) electrons. The summed E-state index contributed by atoms with van der Waals surface area (Å²) in [6.45, 7) is 4.25. The van der Waals surface area contributed by atoms with Crippen LogP contribution in [0.15, 0.2) is 53.4 Å². The molecule has 1 atom stereocenters. The fourth-order valence-corrected chi connectivity index (χ4v) is 3.54. The number of sulfonamides is 1. The van der Waals surface area contributed by atoms with Crippen molar-refractivity contribution in [2.75, 3.05) is 13.7 Å². The number of nitrogens with one attached hydrogen (secondary N) is 1. The lowest BCUT2D eigenvalue weighted by Gasteiger charge is -2.15. The first-order chi connectivity index (χ1) is 12.2. The number of halogens is 1. The van der Waals surface area contributed by atoms with Crippen molar-refractivity contribution in [3.05, 3.63) is 65.2 Å². The van der Waals surface area contributed by atoms with Crippen molar-refractivity contribution in [3.63, 3.8) is 0 Å². The largest absolute Gasteiger partial charge is 0.465 e. The van der Waals surface area contributed by atoms with Gasteiger partial charge in [-0.15, -0.1) is 12.4 Å². The van der Waals surface area contributed by atoms with Gasteiger partial charge < -0.3 is 10.5 Å². The molecule has 0 fully saturated rings. The number of carbonyl (C=O) groups is 1. The molecule has 0 saturated carbocycles. The van der Waals surface area contributed by atoms with Crippen molar-refractivity contribution < 1.29 is 17.9 Å². The molecule has 0 spiro atoms. The lowest BCUT2D eigenvalue weighted by atomic mass is 9.99. The average molecular weight is 413 g/mol. The maximum atomic E-state index is 12.5. The van der Waals surface area contributed by atoms with Crippen LogP contribution < -0.4 is 10.5 Å². The molecule has 3 N–H and O–H groups in total. The van der Waals surface area contributed by atoms with Crippen molar-refractivity contribution in [1.82, 2.24) is 4.72 Å². The summed E-state index contributed by atoms with van der Waals surface area (Å²) >= 11 is 0. The Labute approximate surface area is 166 Å². The van der Waals surface area contributed by atoms with Gasteiger partial charge in [0.15, 0.2) is 0 Å². The van der Waals surface area contributed by atoms with Crippen molar-refractivity contribution >= 4 is 28.4 Å². The van der Waals surface area contributed by atoms with Crippen LogP contribution in [0.5, 0.6) is 0 Å². The molecule has 0 heterocycles. The number of rotatable bonds is 7. The lowest BCUT2D eigenvalue weighted by molar-refractivity contribution is 0.0600. The Hall–Kier alpha value is -1.93. The average Bonchev–Trinajstić information content (AvgIpc) is 2.65. The SMILES string of the molecule is COC(=O)c1cccc(S(=O)(=O)NCC(N)c2ccc(C(C)C)cc2)c1.Cl. The highest BCUT2D eigenvalue weighted by molar-refractivity contribution is 7.89. The highest BCUT2D eigenvalue weighted by atomic mass is 35.5. The summed E-state index contributed by atoms with van der Waals surface area (Å²) in [5.41, 5.74) is 8.32. The molecule has 1 unspecified atom stereocenters. The van der Waals surface area contributed by atoms with Crippen LogP contribution in [0.4, 0.5) is 0 Å². The van der Waals surface area contributed by atoms with E-state index >= 15 is 0 Å². The molecular weight excluding hydrogens is 388 g/mol. The van der Waals surface area contributed by atoms with E-state index in [2.05, 4.69) is 23.3 Å². The number of methoxy groups -OCH3 is 1. The minimum absolute atomic E-state index is 0. The second kappa shape index (κ2) is 9.85. The van der Waals surface area contributed by atoms with Crippen LogP contribution in [0.3, 0.4) is 0 Å². The summed E-state index contributed by atoms with van der Waals surface area (Å²) in [4.78, 5) is 11.6. The first-order valence-electron chi connectivity index (χ1n) is 8.28. The Bertz CT molecular complexity index is 868. The molecule has 27 heavy (non-hydrogen) atoms. The molecule has 2 aromatic carbocycles. The van der Waals surface area contributed by atoms with E-state index in [1.54, 1.807) is 0 Å². The quantitative estimate of drug-likeness (QED) is 0.681. The molecule has 8 heteroatoms. The van der Waals surface area contributed by atoms with Gasteiger partial charge in [0.1, 0.15) is 0 Å². The highest BCUT2D eigenvalue weighted by Gasteiger charge is 2.18. The van der Waals surface area contributed by atoms with Crippen molar-refractivity contribution in [3.8, 4) is 0 Å².